The van der Waals surface area contributed by atoms with E-state index in [0.29, 0.717) is 29.9 Å². The predicted octanol–water partition coefficient (Wildman–Crippen LogP) is 3.14. The van der Waals surface area contributed by atoms with Crippen LogP contribution >= 0.6 is 0 Å². The lowest BCUT2D eigenvalue weighted by Crippen LogP contribution is -2.07. The maximum atomic E-state index is 13.2. The number of hydrogen-bond donors (Lipinski definition) is 1. The van der Waals surface area contributed by atoms with Crippen molar-refractivity contribution < 1.29 is 14.3 Å². The minimum Gasteiger partial charge on any atom is -0.478 e. The monoisotopic (exact) mass is 276 g/mol. The van der Waals surface area contributed by atoms with E-state index in [2.05, 4.69) is 5.10 Å². The van der Waals surface area contributed by atoms with Gasteiger partial charge in [0.15, 0.2) is 0 Å². The number of carbonyl (C=O) groups is 1. The second-order valence-electron chi connectivity index (χ2n) is 4.62. The largest absolute Gasteiger partial charge is 0.478 e. The number of hydrogen-bond acceptors (Lipinski definition) is 2. The van der Waals surface area contributed by atoms with Crippen molar-refractivity contribution in [1.82, 2.24) is 9.78 Å². The van der Waals surface area contributed by atoms with Crippen LogP contribution < -0.4 is 0 Å². The zero-order chi connectivity index (χ0) is 14.9. The summed E-state index contributed by atoms with van der Waals surface area (Å²) in [4.78, 5) is 11.4. The minimum atomic E-state index is -0.968. The second-order valence-corrected chi connectivity index (χ2v) is 4.62. The fraction of sp³-hybridized carbons (Fsp3) is 0.333. The predicted molar refractivity (Wildman–Crippen MR) is 74.0 cm³/mol. The molecule has 0 aliphatic rings. The number of rotatable bonds is 4. The molecule has 0 radical (unpaired) electrons. The van der Waals surface area contributed by atoms with Crippen LogP contribution in [-0.2, 0) is 12.8 Å². The number of aromatic nitrogens is 2. The molecule has 1 heterocycles. The number of halogens is 1. The number of benzene rings is 1. The molecule has 4 nitrogen and oxygen atoms in total. The van der Waals surface area contributed by atoms with E-state index in [1.165, 1.54) is 12.1 Å². The van der Waals surface area contributed by atoms with Crippen molar-refractivity contribution in [3.8, 4) is 5.69 Å². The van der Waals surface area contributed by atoms with E-state index >= 15 is 0 Å². The molecule has 2 aromatic rings. The molecule has 20 heavy (non-hydrogen) atoms. The fourth-order valence-electron chi connectivity index (χ4n) is 2.38. The topological polar surface area (TPSA) is 55.1 Å². The first kappa shape index (κ1) is 14.2. The van der Waals surface area contributed by atoms with Crippen LogP contribution in [0, 0.1) is 12.7 Å². The highest BCUT2D eigenvalue weighted by molar-refractivity contribution is 5.90. The Kier molecular flexibility index (Phi) is 3.88. The second kappa shape index (κ2) is 5.45. The van der Waals surface area contributed by atoms with E-state index in [1.807, 2.05) is 13.8 Å². The van der Waals surface area contributed by atoms with E-state index in [1.54, 1.807) is 17.7 Å². The van der Waals surface area contributed by atoms with Crippen molar-refractivity contribution in [2.45, 2.75) is 33.6 Å². The van der Waals surface area contributed by atoms with Crippen molar-refractivity contribution in [1.29, 1.82) is 0 Å². The first-order valence-electron chi connectivity index (χ1n) is 6.60. The number of carboxylic acids is 1. The molecule has 2 rings (SSSR count). The molecule has 0 atom stereocenters. The molecule has 0 aliphatic heterocycles. The third kappa shape index (κ3) is 2.31. The summed E-state index contributed by atoms with van der Waals surface area (Å²) in [5.74, 6) is -1.28. The molecule has 1 N–H and O–H groups in total. The summed E-state index contributed by atoms with van der Waals surface area (Å²) in [5.41, 5.74) is 2.90. The Hall–Kier alpha value is -2.17. The van der Waals surface area contributed by atoms with Crippen LogP contribution in [0.15, 0.2) is 18.2 Å². The van der Waals surface area contributed by atoms with Crippen LogP contribution in [0.5, 0.6) is 0 Å². The Balaban J connectivity index is 2.71. The Morgan fingerprint density at radius 3 is 2.55 bits per heavy atom. The van der Waals surface area contributed by atoms with Crippen LogP contribution in [0.4, 0.5) is 4.39 Å². The summed E-state index contributed by atoms with van der Waals surface area (Å²) in [6.45, 7) is 5.54. The van der Waals surface area contributed by atoms with Crippen LogP contribution in [0.3, 0.4) is 0 Å². The summed E-state index contributed by atoms with van der Waals surface area (Å²) in [7, 11) is 0. The lowest BCUT2D eigenvalue weighted by molar-refractivity contribution is 0.0694. The van der Waals surface area contributed by atoms with E-state index in [9.17, 15) is 14.3 Å². The van der Waals surface area contributed by atoms with Gasteiger partial charge >= 0.3 is 5.97 Å². The molecular weight excluding hydrogens is 259 g/mol. The van der Waals surface area contributed by atoms with Gasteiger partial charge in [-0.25, -0.2) is 13.9 Å². The lowest BCUT2D eigenvalue weighted by atomic mass is 10.1. The fourth-order valence-corrected chi connectivity index (χ4v) is 2.38. The first-order valence-corrected chi connectivity index (χ1v) is 6.60. The Morgan fingerprint density at radius 2 is 2.05 bits per heavy atom. The van der Waals surface area contributed by atoms with Crippen LogP contribution in [0.2, 0.25) is 0 Å². The van der Waals surface area contributed by atoms with E-state index in [-0.39, 0.29) is 11.4 Å². The van der Waals surface area contributed by atoms with Gasteiger partial charge in [-0.2, -0.15) is 5.10 Å². The minimum absolute atomic E-state index is 0.263. The number of aryl methyl sites for hydroxylation is 2. The molecule has 0 spiro atoms. The summed E-state index contributed by atoms with van der Waals surface area (Å²) in [6, 6.07) is 4.40. The van der Waals surface area contributed by atoms with Crippen molar-refractivity contribution in [3.63, 3.8) is 0 Å². The molecular formula is C15H17FN2O2. The zero-order valence-electron chi connectivity index (χ0n) is 11.8. The Bertz CT molecular complexity index is 662. The molecule has 0 fully saturated rings. The molecule has 0 aliphatic carbocycles. The van der Waals surface area contributed by atoms with Gasteiger partial charge in [0.25, 0.3) is 0 Å². The van der Waals surface area contributed by atoms with Gasteiger partial charge in [-0.1, -0.05) is 13.8 Å². The van der Waals surface area contributed by atoms with E-state index in [4.69, 9.17) is 0 Å². The molecule has 106 valence electrons. The van der Waals surface area contributed by atoms with Gasteiger partial charge in [-0.05, 0) is 43.5 Å². The SMILES string of the molecule is CCc1nn(-c2ccc(F)cc2C)c(CC)c1C(=O)O. The van der Waals surface area contributed by atoms with Crippen LogP contribution in [-0.4, -0.2) is 20.9 Å². The smallest absolute Gasteiger partial charge is 0.339 e. The molecule has 0 saturated carbocycles. The first-order chi connectivity index (χ1) is 9.49. The molecule has 0 saturated heterocycles. The zero-order valence-corrected chi connectivity index (χ0v) is 11.8. The van der Waals surface area contributed by atoms with Gasteiger partial charge in [0, 0.05) is 0 Å². The maximum Gasteiger partial charge on any atom is 0.339 e. The average Bonchev–Trinajstić information content (AvgIpc) is 2.77. The summed E-state index contributed by atoms with van der Waals surface area (Å²) in [6.07, 6.45) is 1.09. The van der Waals surface area contributed by atoms with Crippen LogP contribution in [0.1, 0.15) is 41.2 Å². The van der Waals surface area contributed by atoms with Crippen LogP contribution in [0.25, 0.3) is 5.69 Å². The summed E-state index contributed by atoms with van der Waals surface area (Å²) >= 11 is 0. The number of aromatic carboxylic acids is 1. The third-order valence-electron chi connectivity index (χ3n) is 3.32. The lowest BCUT2D eigenvalue weighted by Gasteiger charge is -2.09. The normalized spacial score (nSPS) is 10.8. The quantitative estimate of drug-likeness (QED) is 0.933. The highest BCUT2D eigenvalue weighted by Gasteiger charge is 2.22. The van der Waals surface area contributed by atoms with Gasteiger partial charge in [0.2, 0.25) is 0 Å². The van der Waals surface area contributed by atoms with Gasteiger partial charge in [-0.15, -0.1) is 0 Å². The van der Waals surface area contributed by atoms with Gasteiger partial charge < -0.3 is 5.11 Å². The van der Waals surface area contributed by atoms with E-state index < -0.39 is 5.97 Å². The average molecular weight is 276 g/mol. The Morgan fingerprint density at radius 1 is 1.35 bits per heavy atom. The van der Waals surface area contributed by atoms with Gasteiger partial charge in [-0.3, -0.25) is 0 Å². The standard InChI is InChI=1S/C15H17FN2O2/c1-4-11-14(15(19)20)12(5-2)18(17-11)13-7-6-10(16)8-9(13)3/h6-8H,4-5H2,1-3H3,(H,19,20). The number of carboxylic acid groups (broad SMARTS) is 1. The van der Waals surface area contributed by atoms with Gasteiger partial charge in [0.05, 0.1) is 17.1 Å². The van der Waals surface area contributed by atoms with Crippen molar-refractivity contribution in [2.75, 3.05) is 0 Å². The van der Waals surface area contributed by atoms with Crippen molar-refractivity contribution in [3.05, 3.63) is 46.5 Å². The molecule has 0 bridgehead atoms. The van der Waals surface area contributed by atoms with Gasteiger partial charge in [0.1, 0.15) is 11.4 Å². The maximum absolute atomic E-state index is 13.2. The number of nitrogens with zero attached hydrogens (tertiary/aromatic N) is 2. The van der Waals surface area contributed by atoms with Crippen molar-refractivity contribution >= 4 is 5.97 Å². The Labute approximate surface area is 116 Å². The molecule has 5 heteroatoms. The molecule has 0 amide bonds. The van der Waals surface area contributed by atoms with Crippen molar-refractivity contribution in [2.24, 2.45) is 0 Å². The summed E-state index contributed by atoms with van der Waals surface area (Å²) in [5, 5.41) is 13.8. The third-order valence-corrected chi connectivity index (χ3v) is 3.32. The molecule has 1 aromatic carbocycles. The molecule has 0 unspecified atom stereocenters. The molecule has 1 aromatic heterocycles. The van der Waals surface area contributed by atoms with E-state index in [0.717, 1.165) is 5.56 Å². The highest BCUT2D eigenvalue weighted by atomic mass is 19.1. The summed E-state index contributed by atoms with van der Waals surface area (Å²) < 4.78 is 14.8. The highest BCUT2D eigenvalue weighted by Crippen LogP contribution is 2.23.